The molecule has 0 radical (unpaired) electrons. The normalized spacial score (nSPS) is 11.4. The zero-order valence-electron chi connectivity index (χ0n) is 30.0. The second kappa shape index (κ2) is 13.1. The lowest BCUT2D eigenvalue weighted by atomic mass is 9.84. The molecule has 9 aromatic carbocycles. The fourth-order valence-corrected chi connectivity index (χ4v) is 8.28. The van der Waals surface area contributed by atoms with E-state index in [0.717, 1.165) is 6.42 Å². The number of rotatable bonds is 6. The average molecular weight is 665 g/mol. The summed E-state index contributed by atoms with van der Waals surface area (Å²) >= 11 is 0. The van der Waals surface area contributed by atoms with Gasteiger partial charge in [0.15, 0.2) is 0 Å². The maximum atomic E-state index is 2.45. The molecule has 0 N–H and O–H groups in total. The van der Waals surface area contributed by atoms with Crippen LogP contribution in [0.5, 0.6) is 0 Å². The van der Waals surface area contributed by atoms with Gasteiger partial charge in [-0.25, -0.2) is 0 Å². The Morgan fingerprint density at radius 2 is 0.788 bits per heavy atom. The Morgan fingerprint density at radius 3 is 1.38 bits per heavy atom. The minimum absolute atomic E-state index is 0.880. The zero-order valence-corrected chi connectivity index (χ0v) is 30.0. The second-order valence-corrected chi connectivity index (χ2v) is 14.2. The number of aryl methyl sites for hydroxylation is 3. The molecule has 9 rings (SSSR count). The van der Waals surface area contributed by atoms with Gasteiger partial charge >= 0.3 is 0 Å². The predicted molar refractivity (Wildman–Crippen MR) is 224 cm³/mol. The molecule has 0 saturated carbocycles. The molecule has 0 nitrogen and oxygen atoms in total. The molecule has 0 heteroatoms. The maximum Gasteiger partial charge on any atom is -0.00134 e. The van der Waals surface area contributed by atoms with Crippen LogP contribution in [0, 0.1) is 20.8 Å². The topological polar surface area (TPSA) is 0 Å². The van der Waals surface area contributed by atoms with Crippen molar-refractivity contribution in [2.24, 2.45) is 0 Å². The van der Waals surface area contributed by atoms with Crippen molar-refractivity contribution in [1.82, 2.24) is 0 Å². The quantitative estimate of drug-likeness (QED) is 0.166. The van der Waals surface area contributed by atoms with Crippen LogP contribution in [-0.4, -0.2) is 0 Å². The number of hydrogen-bond acceptors (Lipinski definition) is 0. The summed E-state index contributed by atoms with van der Waals surface area (Å²) in [5.74, 6) is 0. The van der Waals surface area contributed by atoms with Gasteiger partial charge in [-0.1, -0.05) is 152 Å². The molecule has 0 aromatic heterocycles. The van der Waals surface area contributed by atoms with Crippen LogP contribution in [0.1, 0.15) is 27.8 Å². The van der Waals surface area contributed by atoms with E-state index in [1.807, 2.05) is 0 Å². The lowest BCUT2D eigenvalue weighted by Gasteiger charge is -2.19. The first-order valence-corrected chi connectivity index (χ1v) is 18.3. The highest BCUT2D eigenvalue weighted by molar-refractivity contribution is 6.06. The van der Waals surface area contributed by atoms with Gasteiger partial charge in [0.05, 0.1) is 0 Å². The van der Waals surface area contributed by atoms with Crippen molar-refractivity contribution < 1.29 is 0 Å². The first kappa shape index (κ1) is 31.7. The molecule has 0 aliphatic rings. The molecule has 52 heavy (non-hydrogen) atoms. The lowest BCUT2D eigenvalue weighted by Crippen LogP contribution is -1.98. The molecule has 0 unspecified atom stereocenters. The number of benzene rings is 9. The predicted octanol–water partition coefficient (Wildman–Crippen LogP) is 14.3. The highest BCUT2D eigenvalue weighted by Gasteiger charge is 2.18. The fraction of sp³-hybridized carbons (Fsp3) is 0.0769. The summed E-state index contributed by atoms with van der Waals surface area (Å²) < 4.78 is 0. The largest absolute Gasteiger partial charge is 0.0622 e. The molecule has 0 saturated heterocycles. The van der Waals surface area contributed by atoms with E-state index in [0.29, 0.717) is 0 Å². The Kier molecular flexibility index (Phi) is 8.02. The second-order valence-electron chi connectivity index (χ2n) is 14.2. The van der Waals surface area contributed by atoms with E-state index < -0.39 is 0 Å². The van der Waals surface area contributed by atoms with Crippen LogP contribution in [0.15, 0.2) is 176 Å². The standard InChI is InChI=1S/C52H40/c1-34-15-7-9-19-42(34)48-32-49(45-22-12-11-21-44(45)36(48)3)40-27-25-39-31-41(28-26-38(39)30-40)50-33-52(43-20-10-8-16-35(43)2)51(29-37-17-5-4-6-18-37)47-24-14-13-23-46(47)50/h4-28,30-33H,29H2,1-3H3. The zero-order chi connectivity index (χ0) is 35.2. The molecular weight excluding hydrogens is 625 g/mol. The van der Waals surface area contributed by atoms with E-state index in [1.165, 1.54) is 105 Å². The van der Waals surface area contributed by atoms with Gasteiger partial charge in [0.1, 0.15) is 0 Å². The van der Waals surface area contributed by atoms with E-state index in [1.54, 1.807) is 0 Å². The molecule has 0 fully saturated rings. The van der Waals surface area contributed by atoms with E-state index in [2.05, 4.69) is 197 Å². The highest BCUT2D eigenvalue weighted by Crippen LogP contribution is 2.42. The Balaban J connectivity index is 1.20. The van der Waals surface area contributed by atoms with Gasteiger partial charge in [-0.05, 0) is 156 Å². The third kappa shape index (κ3) is 5.58. The summed E-state index contributed by atoms with van der Waals surface area (Å²) in [6, 6.07) is 65.1. The summed E-state index contributed by atoms with van der Waals surface area (Å²) in [5.41, 5.74) is 16.8. The summed E-state index contributed by atoms with van der Waals surface area (Å²) in [4.78, 5) is 0. The van der Waals surface area contributed by atoms with Gasteiger partial charge in [-0.2, -0.15) is 0 Å². The molecule has 0 amide bonds. The average Bonchev–Trinajstić information content (AvgIpc) is 3.19. The van der Waals surface area contributed by atoms with Crippen molar-refractivity contribution in [2.45, 2.75) is 27.2 Å². The Bertz CT molecular complexity index is 2780. The van der Waals surface area contributed by atoms with Crippen LogP contribution in [0.2, 0.25) is 0 Å². The van der Waals surface area contributed by atoms with Crippen molar-refractivity contribution in [3.8, 4) is 44.5 Å². The van der Waals surface area contributed by atoms with E-state index in [4.69, 9.17) is 0 Å². The van der Waals surface area contributed by atoms with Crippen molar-refractivity contribution in [3.63, 3.8) is 0 Å². The van der Waals surface area contributed by atoms with Crippen LogP contribution in [0.25, 0.3) is 76.8 Å². The fourth-order valence-electron chi connectivity index (χ4n) is 8.28. The third-order valence-electron chi connectivity index (χ3n) is 11.0. The van der Waals surface area contributed by atoms with Gasteiger partial charge in [0.2, 0.25) is 0 Å². The van der Waals surface area contributed by atoms with Gasteiger partial charge in [0.25, 0.3) is 0 Å². The summed E-state index contributed by atoms with van der Waals surface area (Å²) in [6.45, 7) is 6.70. The van der Waals surface area contributed by atoms with Gasteiger partial charge in [-0.3, -0.25) is 0 Å². The SMILES string of the molecule is Cc1ccccc1-c1cc(-c2ccc3cc(-c4cc(-c5ccccc5C)c(Cc5ccccc5)c5ccccc45)ccc3c2)c2ccccc2c1C. The van der Waals surface area contributed by atoms with E-state index in [9.17, 15) is 0 Å². The molecule has 0 atom stereocenters. The number of fused-ring (bicyclic) bond motifs is 3. The molecule has 248 valence electrons. The molecule has 0 aliphatic carbocycles. The minimum atomic E-state index is 0.880. The van der Waals surface area contributed by atoms with Gasteiger partial charge in [0, 0.05) is 0 Å². The van der Waals surface area contributed by atoms with E-state index in [-0.39, 0.29) is 0 Å². The van der Waals surface area contributed by atoms with Crippen LogP contribution < -0.4 is 0 Å². The van der Waals surface area contributed by atoms with Crippen molar-refractivity contribution in [3.05, 3.63) is 204 Å². The Morgan fingerprint density at radius 1 is 0.327 bits per heavy atom. The van der Waals surface area contributed by atoms with Crippen molar-refractivity contribution in [2.75, 3.05) is 0 Å². The molecule has 0 spiro atoms. The summed E-state index contributed by atoms with van der Waals surface area (Å²) in [7, 11) is 0. The van der Waals surface area contributed by atoms with Gasteiger partial charge in [-0.15, -0.1) is 0 Å². The molecule has 0 bridgehead atoms. The lowest BCUT2D eigenvalue weighted by molar-refractivity contribution is 1.21. The maximum absolute atomic E-state index is 2.45. The van der Waals surface area contributed by atoms with Gasteiger partial charge < -0.3 is 0 Å². The minimum Gasteiger partial charge on any atom is -0.0622 e. The first-order chi connectivity index (χ1) is 25.5. The number of hydrogen-bond donors (Lipinski definition) is 0. The first-order valence-electron chi connectivity index (χ1n) is 18.3. The Hall–Kier alpha value is -6.24. The third-order valence-corrected chi connectivity index (χ3v) is 11.0. The monoisotopic (exact) mass is 664 g/mol. The molecule has 0 heterocycles. The Labute approximate surface area is 306 Å². The summed E-state index contributed by atoms with van der Waals surface area (Å²) in [6.07, 6.45) is 0.880. The summed E-state index contributed by atoms with van der Waals surface area (Å²) in [5, 5.41) is 7.68. The van der Waals surface area contributed by atoms with Crippen molar-refractivity contribution in [1.29, 1.82) is 0 Å². The van der Waals surface area contributed by atoms with Crippen LogP contribution in [0.3, 0.4) is 0 Å². The smallest absolute Gasteiger partial charge is 0.00134 e. The van der Waals surface area contributed by atoms with Crippen LogP contribution >= 0.6 is 0 Å². The highest BCUT2D eigenvalue weighted by atomic mass is 14.2. The molecule has 9 aromatic rings. The van der Waals surface area contributed by atoms with Crippen molar-refractivity contribution >= 4 is 32.3 Å². The van der Waals surface area contributed by atoms with E-state index >= 15 is 0 Å². The molecular formula is C52H40. The van der Waals surface area contributed by atoms with Crippen LogP contribution in [0.4, 0.5) is 0 Å². The molecule has 0 aliphatic heterocycles. The van der Waals surface area contributed by atoms with Crippen LogP contribution in [-0.2, 0) is 6.42 Å².